The number of benzene rings is 1. The molecule has 1 aromatic carbocycles. The van der Waals surface area contributed by atoms with Crippen molar-refractivity contribution in [3.8, 4) is 0 Å². The average Bonchev–Trinajstić information content (AvgIpc) is 2.16. The topological polar surface area (TPSA) is 12.0 Å². The molecule has 1 heteroatoms. The van der Waals surface area contributed by atoms with Gasteiger partial charge in [0.25, 0.3) is 0 Å². The summed E-state index contributed by atoms with van der Waals surface area (Å²) in [4.78, 5) is 0. The van der Waals surface area contributed by atoms with E-state index in [1.54, 1.807) is 0 Å². The molecule has 0 atom stereocenters. The summed E-state index contributed by atoms with van der Waals surface area (Å²) in [6, 6.07) is 8.23. The molecule has 0 bridgehead atoms. The zero-order valence-corrected chi connectivity index (χ0v) is 7.72. The lowest BCUT2D eigenvalue weighted by Crippen LogP contribution is -1.93. The Morgan fingerprint density at radius 3 is 2.67 bits per heavy atom. The van der Waals surface area contributed by atoms with Gasteiger partial charge in [-0.2, -0.15) is 0 Å². The van der Waals surface area contributed by atoms with Crippen LogP contribution >= 0.6 is 0 Å². The van der Waals surface area contributed by atoms with Gasteiger partial charge >= 0.3 is 0 Å². The lowest BCUT2D eigenvalue weighted by atomic mass is 10.0. The molecule has 1 aromatic rings. The lowest BCUT2D eigenvalue weighted by Gasteiger charge is -2.09. The predicted molar refractivity (Wildman–Crippen MR) is 55.3 cm³/mol. The highest BCUT2D eigenvalue weighted by molar-refractivity contribution is 5.74. The van der Waals surface area contributed by atoms with Crippen LogP contribution in [0.2, 0.25) is 0 Å². The Balaban J connectivity index is 3.04. The minimum Gasteiger partial charge on any atom is -0.388 e. The highest BCUT2D eigenvalue weighted by Gasteiger charge is 2.00. The molecule has 0 amide bonds. The van der Waals surface area contributed by atoms with E-state index in [0.717, 1.165) is 12.1 Å². The molecule has 1 N–H and O–H groups in total. The second-order valence-corrected chi connectivity index (χ2v) is 2.75. The summed E-state index contributed by atoms with van der Waals surface area (Å²) in [6.45, 7) is 6.13. The van der Waals surface area contributed by atoms with Gasteiger partial charge in [-0.3, -0.25) is 0 Å². The van der Waals surface area contributed by atoms with E-state index < -0.39 is 0 Å². The first-order valence-electron chi connectivity index (χ1n) is 4.24. The van der Waals surface area contributed by atoms with Gasteiger partial charge in [-0.25, -0.2) is 0 Å². The van der Waals surface area contributed by atoms with Crippen LogP contribution < -0.4 is 5.32 Å². The van der Waals surface area contributed by atoms with Crippen LogP contribution in [0, 0.1) is 0 Å². The third kappa shape index (κ3) is 1.67. The third-order valence-corrected chi connectivity index (χ3v) is 2.00. The van der Waals surface area contributed by atoms with Crippen molar-refractivity contribution in [2.24, 2.45) is 0 Å². The molecule has 1 nitrogen and oxygen atoms in total. The van der Waals surface area contributed by atoms with E-state index in [4.69, 9.17) is 0 Å². The van der Waals surface area contributed by atoms with Crippen LogP contribution in [0.1, 0.15) is 18.9 Å². The van der Waals surface area contributed by atoms with E-state index in [-0.39, 0.29) is 0 Å². The Morgan fingerprint density at radius 2 is 2.08 bits per heavy atom. The monoisotopic (exact) mass is 161 g/mol. The van der Waals surface area contributed by atoms with Gasteiger partial charge in [-0.05, 0) is 18.1 Å². The minimum absolute atomic E-state index is 0.999. The van der Waals surface area contributed by atoms with E-state index in [0.29, 0.717) is 0 Å². The first-order valence-corrected chi connectivity index (χ1v) is 4.24. The number of hydrogen-bond acceptors (Lipinski definition) is 1. The van der Waals surface area contributed by atoms with Gasteiger partial charge in [0.15, 0.2) is 0 Å². The van der Waals surface area contributed by atoms with Gasteiger partial charge in [-0.1, -0.05) is 31.7 Å². The normalized spacial score (nSPS) is 9.50. The van der Waals surface area contributed by atoms with Crippen molar-refractivity contribution < 1.29 is 0 Å². The number of para-hydroxylation sites is 1. The van der Waals surface area contributed by atoms with Gasteiger partial charge in [0.2, 0.25) is 0 Å². The van der Waals surface area contributed by atoms with Crippen LogP contribution in [0.5, 0.6) is 0 Å². The minimum atomic E-state index is 0.999. The molecule has 0 fully saturated rings. The molecule has 0 aliphatic rings. The predicted octanol–water partition coefficient (Wildman–Crippen LogP) is 3.15. The van der Waals surface area contributed by atoms with Gasteiger partial charge in [0, 0.05) is 18.3 Å². The van der Waals surface area contributed by atoms with Crippen LogP contribution in [-0.2, 0) is 0 Å². The Kier molecular flexibility index (Phi) is 2.92. The van der Waals surface area contributed by atoms with Crippen molar-refractivity contribution in [2.75, 3.05) is 12.4 Å². The van der Waals surface area contributed by atoms with Crippen molar-refractivity contribution in [1.29, 1.82) is 0 Å². The molecule has 64 valence electrons. The summed E-state index contributed by atoms with van der Waals surface area (Å²) < 4.78 is 0. The highest BCUT2D eigenvalue weighted by atomic mass is 14.8. The fourth-order valence-electron chi connectivity index (χ4n) is 1.20. The average molecular weight is 161 g/mol. The first-order chi connectivity index (χ1) is 5.79. The van der Waals surface area contributed by atoms with Crippen molar-refractivity contribution in [1.82, 2.24) is 0 Å². The number of allylic oxidation sites excluding steroid dienone is 1. The molecule has 0 aromatic heterocycles. The summed E-state index contributed by atoms with van der Waals surface area (Å²) in [5.41, 5.74) is 3.56. The van der Waals surface area contributed by atoms with Gasteiger partial charge in [0.05, 0.1) is 0 Å². The summed E-state index contributed by atoms with van der Waals surface area (Å²) in [5.74, 6) is 0. The van der Waals surface area contributed by atoms with E-state index in [1.807, 2.05) is 19.2 Å². The first kappa shape index (κ1) is 8.85. The molecule has 1 rings (SSSR count). The molecule has 0 saturated carbocycles. The molecular formula is C11H15N. The van der Waals surface area contributed by atoms with Crippen molar-refractivity contribution in [3.05, 3.63) is 36.4 Å². The smallest absolute Gasteiger partial charge is 0.0413 e. The molecule has 12 heavy (non-hydrogen) atoms. The number of hydrogen-bond donors (Lipinski definition) is 1. The standard InChI is InChI=1S/C11H15N/c1-4-9(2)10-7-5-6-8-11(10)12-3/h5-8,12H,2,4H2,1,3H3. The van der Waals surface area contributed by atoms with E-state index >= 15 is 0 Å². The van der Waals surface area contributed by atoms with Crippen LogP contribution in [0.3, 0.4) is 0 Å². The number of anilines is 1. The summed E-state index contributed by atoms with van der Waals surface area (Å²) in [7, 11) is 1.93. The summed E-state index contributed by atoms with van der Waals surface area (Å²) in [5, 5.41) is 3.15. The molecule has 0 aliphatic carbocycles. The maximum Gasteiger partial charge on any atom is 0.0413 e. The Labute approximate surface area is 74.1 Å². The van der Waals surface area contributed by atoms with Gasteiger partial charge in [0.1, 0.15) is 0 Å². The Morgan fingerprint density at radius 1 is 1.42 bits per heavy atom. The van der Waals surface area contributed by atoms with Crippen molar-refractivity contribution >= 4 is 11.3 Å². The van der Waals surface area contributed by atoms with Gasteiger partial charge in [-0.15, -0.1) is 0 Å². The fourth-order valence-corrected chi connectivity index (χ4v) is 1.20. The van der Waals surface area contributed by atoms with Crippen LogP contribution in [0.25, 0.3) is 5.57 Å². The van der Waals surface area contributed by atoms with Crippen molar-refractivity contribution in [2.45, 2.75) is 13.3 Å². The van der Waals surface area contributed by atoms with E-state index in [1.165, 1.54) is 11.1 Å². The Bertz CT molecular complexity index is 276. The molecule has 0 aliphatic heterocycles. The summed E-state index contributed by atoms with van der Waals surface area (Å²) >= 11 is 0. The molecule has 0 heterocycles. The fraction of sp³-hybridized carbons (Fsp3) is 0.273. The SMILES string of the molecule is C=C(CC)c1ccccc1NC. The molecule has 0 saturated heterocycles. The Hall–Kier alpha value is -1.24. The lowest BCUT2D eigenvalue weighted by molar-refractivity contribution is 1.24. The maximum atomic E-state index is 4.01. The van der Waals surface area contributed by atoms with E-state index in [2.05, 4.69) is 31.0 Å². The van der Waals surface area contributed by atoms with Gasteiger partial charge < -0.3 is 5.32 Å². The zero-order valence-electron chi connectivity index (χ0n) is 7.72. The van der Waals surface area contributed by atoms with Crippen molar-refractivity contribution in [3.63, 3.8) is 0 Å². The third-order valence-electron chi connectivity index (χ3n) is 2.00. The zero-order chi connectivity index (χ0) is 8.97. The molecule has 0 radical (unpaired) electrons. The second kappa shape index (κ2) is 3.96. The van der Waals surface area contributed by atoms with Crippen LogP contribution in [0.4, 0.5) is 5.69 Å². The largest absolute Gasteiger partial charge is 0.388 e. The highest BCUT2D eigenvalue weighted by Crippen LogP contribution is 2.23. The molecule has 0 spiro atoms. The molecular weight excluding hydrogens is 146 g/mol. The number of rotatable bonds is 3. The number of nitrogens with one attached hydrogen (secondary N) is 1. The molecule has 0 unspecified atom stereocenters. The quantitative estimate of drug-likeness (QED) is 0.718. The van der Waals surface area contributed by atoms with E-state index in [9.17, 15) is 0 Å². The van der Waals surface area contributed by atoms with Crippen LogP contribution in [0.15, 0.2) is 30.8 Å². The second-order valence-electron chi connectivity index (χ2n) is 2.75. The maximum absolute atomic E-state index is 4.01. The summed E-state index contributed by atoms with van der Waals surface area (Å²) in [6.07, 6.45) is 0.999. The van der Waals surface area contributed by atoms with Crippen LogP contribution in [-0.4, -0.2) is 7.05 Å².